The van der Waals surface area contributed by atoms with Crippen molar-refractivity contribution in [3.05, 3.63) is 33.5 Å². The molecule has 0 aliphatic heterocycles. The van der Waals surface area contributed by atoms with Crippen LogP contribution in [0.4, 0.5) is 0 Å². The Morgan fingerprint density at radius 1 is 1.50 bits per heavy atom. The zero-order chi connectivity index (χ0) is 11.5. The summed E-state index contributed by atoms with van der Waals surface area (Å²) in [6.07, 6.45) is 1.66. The second-order valence-corrected chi connectivity index (χ2v) is 5.73. The molecule has 0 atom stereocenters. The van der Waals surface area contributed by atoms with Crippen molar-refractivity contribution in [3.8, 4) is 6.07 Å². The number of fused-ring (bicyclic) bond motifs is 1. The zero-order valence-corrected chi connectivity index (χ0v) is 11.7. The minimum absolute atomic E-state index is 0.668. The highest BCUT2D eigenvalue weighted by Crippen LogP contribution is 2.30. The maximum atomic E-state index is 9.07. The number of hydrogen-bond acceptors (Lipinski definition) is 3. The summed E-state index contributed by atoms with van der Waals surface area (Å²) in [6.45, 7) is 2.09. The molecule has 0 saturated heterocycles. The molecule has 0 amide bonds. The molecule has 16 heavy (non-hydrogen) atoms. The van der Waals surface area contributed by atoms with Crippen LogP contribution in [0.1, 0.15) is 12.5 Å². The Hall–Kier alpha value is -0.800. The van der Waals surface area contributed by atoms with E-state index in [1.165, 1.54) is 3.57 Å². The molecule has 0 unspecified atom stereocenters. The molecular formula is C12H9IN2S. The third-order valence-electron chi connectivity index (χ3n) is 2.19. The largest absolute Gasteiger partial charge is 0.255 e. The maximum Gasteiger partial charge on any atom is 0.102 e. The summed E-state index contributed by atoms with van der Waals surface area (Å²) >= 11 is 3.98. The van der Waals surface area contributed by atoms with Gasteiger partial charge in [0.25, 0.3) is 0 Å². The van der Waals surface area contributed by atoms with E-state index in [2.05, 4.69) is 46.6 Å². The van der Waals surface area contributed by atoms with Gasteiger partial charge >= 0.3 is 0 Å². The molecule has 0 N–H and O–H groups in total. The molecule has 4 heteroatoms. The van der Waals surface area contributed by atoms with Crippen molar-refractivity contribution >= 4 is 45.3 Å². The SMILES string of the molecule is CCSc1c(C#N)cnc2ccc(I)cc12. The van der Waals surface area contributed by atoms with Crippen molar-refractivity contribution in [1.29, 1.82) is 5.26 Å². The lowest BCUT2D eigenvalue weighted by Gasteiger charge is -2.06. The summed E-state index contributed by atoms with van der Waals surface area (Å²) in [5.74, 6) is 0.958. The summed E-state index contributed by atoms with van der Waals surface area (Å²) in [4.78, 5) is 5.35. The van der Waals surface area contributed by atoms with Gasteiger partial charge in [0.2, 0.25) is 0 Å². The van der Waals surface area contributed by atoms with Crippen LogP contribution in [0.25, 0.3) is 10.9 Å². The van der Waals surface area contributed by atoms with Crippen molar-refractivity contribution < 1.29 is 0 Å². The third-order valence-corrected chi connectivity index (χ3v) is 3.88. The molecule has 0 aliphatic carbocycles. The Kier molecular flexibility index (Phi) is 3.66. The van der Waals surface area contributed by atoms with Crippen LogP contribution < -0.4 is 0 Å². The fourth-order valence-electron chi connectivity index (χ4n) is 1.52. The molecule has 0 spiro atoms. The quantitative estimate of drug-likeness (QED) is 0.616. The Balaban J connectivity index is 2.77. The van der Waals surface area contributed by atoms with Crippen molar-refractivity contribution in [2.45, 2.75) is 11.8 Å². The fourth-order valence-corrected chi connectivity index (χ4v) is 2.87. The van der Waals surface area contributed by atoms with E-state index in [9.17, 15) is 0 Å². The van der Waals surface area contributed by atoms with Crippen molar-refractivity contribution in [1.82, 2.24) is 4.98 Å². The number of rotatable bonds is 2. The Morgan fingerprint density at radius 2 is 2.31 bits per heavy atom. The lowest BCUT2D eigenvalue weighted by atomic mass is 10.2. The first-order valence-corrected chi connectivity index (χ1v) is 6.94. The van der Waals surface area contributed by atoms with E-state index in [-0.39, 0.29) is 0 Å². The number of nitrogens with zero attached hydrogens (tertiary/aromatic N) is 2. The number of hydrogen-bond donors (Lipinski definition) is 0. The first-order chi connectivity index (χ1) is 7.76. The van der Waals surface area contributed by atoms with Crippen LogP contribution in [0.3, 0.4) is 0 Å². The Bertz CT molecular complexity index is 575. The van der Waals surface area contributed by atoms with Gasteiger partial charge in [0.05, 0.1) is 11.1 Å². The van der Waals surface area contributed by atoms with Gasteiger partial charge in [-0.15, -0.1) is 11.8 Å². The van der Waals surface area contributed by atoms with Gasteiger partial charge in [-0.05, 0) is 46.5 Å². The minimum atomic E-state index is 0.668. The van der Waals surface area contributed by atoms with E-state index in [0.717, 1.165) is 21.6 Å². The first kappa shape index (κ1) is 11.7. The maximum absolute atomic E-state index is 9.07. The van der Waals surface area contributed by atoms with Gasteiger partial charge in [-0.3, -0.25) is 4.98 Å². The summed E-state index contributed by atoms with van der Waals surface area (Å²) < 4.78 is 1.17. The number of aromatic nitrogens is 1. The van der Waals surface area contributed by atoms with Crippen LogP contribution in [0.15, 0.2) is 29.3 Å². The van der Waals surface area contributed by atoms with E-state index >= 15 is 0 Å². The van der Waals surface area contributed by atoms with E-state index in [1.807, 2.05) is 12.1 Å². The van der Waals surface area contributed by atoms with Crippen LogP contribution in [0.5, 0.6) is 0 Å². The standard InChI is InChI=1S/C12H9IN2S/c1-2-16-12-8(6-14)7-15-11-4-3-9(13)5-10(11)12/h3-5,7H,2H2,1H3. The van der Waals surface area contributed by atoms with E-state index in [1.54, 1.807) is 18.0 Å². The second kappa shape index (κ2) is 5.02. The van der Waals surface area contributed by atoms with E-state index < -0.39 is 0 Å². The van der Waals surface area contributed by atoms with Crippen molar-refractivity contribution in [3.63, 3.8) is 0 Å². The Morgan fingerprint density at radius 3 is 3.00 bits per heavy atom. The van der Waals surface area contributed by atoms with Crippen LogP contribution in [-0.2, 0) is 0 Å². The molecule has 1 heterocycles. The fraction of sp³-hybridized carbons (Fsp3) is 0.167. The molecule has 0 aliphatic rings. The highest BCUT2D eigenvalue weighted by Gasteiger charge is 2.08. The summed E-state index contributed by atoms with van der Waals surface area (Å²) in [5.41, 5.74) is 1.62. The predicted molar refractivity (Wildman–Crippen MR) is 75.6 cm³/mol. The number of halogens is 1. The highest BCUT2D eigenvalue weighted by molar-refractivity contribution is 14.1. The molecule has 0 bridgehead atoms. The van der Waals surface area contributed by atoms with Gasteiger partial charge in [-0.2, -0.15) is 5.26 Å². The number of nitriles is 1. The van der Waals surface area contributed by atoms with Gasteiger partial charge < -0.3 is 0 Å². The zero-order valence-electron chi connectivity index (χ0n) is 8.70. The minimum Gasteiger partial charge on any atom is -0.255 e. The molecule has 0 radical (unpaired) electrons. The van der Waals surface area contributed by atoms with Gasteiger partial charge in [0.1, 0.15) is 6.07 Å². The number of benzene rings is 1. The second-order valence-electron chi connectivity index (χ2n) is 3.21. The number of thioether (sulfide) groups is 1. The van der Waals surface area contributed by atoms with Gasteiger partial charge in [0.15, 0.2) is 0 Å². The lowest BCUT2D eigenvalue weighted by molar-refractivity contribution is 1.30. The summed E-state index contributed by atoms with van der Waals surface area (Å²) in [6, 6.07) is 8.32. The number of pyridine rings is 1. The molecular weight excluding hydrogens is 331 g/mol. The molecule has 2 aromatic rings. The molecule has 0 saturated carbocycles. The van der Waals surface area contributed by atoms with Crippen molar-refractivity contribution in [2.75, 3.05) is 5.75 Å². The topological polar surface area (TPSA) is 36.7 Å². The van der Waals surface area contributed by atoms with Crippen LogP contribution in [-0.4, -0.2) is 10.7 Å². The van der Waals surface area contributed by atoms with Crippen LogP contribution in [0.2, 0.25) is 0 Å². The van der Waals surface area contributed by atoms with E-state index in [4.69, 9.17) is 5.26 Å². The van der Waals surface area contributed by atoms with Gasteiger partial charge in [-0.1, -0.05) is 6.92 Å². The summed E-state index contributed by atoms with van der Waals surface area (Å²) in [5, 5.41) is 10.1. The van der Waals surface area contributed by atoms with Crippen molar-refractivity contribution in [2.24, 2.45) is 0 Å². The molecule has 0 fully saturated rings. The normalized spacial score (nSPS) is 10.3. The molecule has 2 rings (SSSR count). The molecule has 1 aromatic carbocycles. The van der Waals surface area contributed by atoms with Gasteiger partial charge in [-0.25, -0.2) is 0 Å². The average Bonchev–Trinajstić information content (AvgIpc) is 2.30. The smallest absolute Gasteiger partial charge is 0.102 e. The molecule has 80 valence electrons. The average molecular weight is 340 g/mol. The summed E-state index contributed by atoms with van der Waals surface area (Å²) in [7, 11) is 0. The third kappa shape index (κ3) is 2.15. The predicted octanol–water partition coefficient (Wildman–Crippen LogP) is 3.82. The lowest BCUT2D eigenvalue weighted by Crippen LogP contribution is -1.89. The highest BCUT2D eigenvalue weighted by atomic mass is 127. The molecule has 1 aromatic heterocycles. The Labute approximate surface area is 112 Å². The molecule has 2 nitrogen and oxygen atoms in total. The van der Waals surface area contributed by atoms with Crippen LogP contribution in [0, 0.1) is 14.9 Å². The van der Waals surface area contributed by atoms with E-state index in [0.29, 0.717) is 5.56 Å². The monoisotopic (exact) mass is 340 g/mol. The first-order valence-electron chi connectivity index (χ1n) is 4.87. The van der Waals surface area contributed by atoms with Gasteiger partial charge in [0, 0.05) is 20.0 Å². The van der Waals surface area contributed by atoms with Crippen LogP contribution >= 0.6 is 34.4 Å².